The van der Waals surface area contributed by atoms with Crippen molar-refractivity contribution in [3.63, 3.8) is 0 Å². The first-order chi connectivity index (χ1) is 12.2. The summed E-state index contributed by atoms with van der Waals surface area (Å²) in [5.41, 5.74) is 0.0432. The molecule has 0 aromatic heterocycles. The second-order valence-electron chi connectivity index (χ2n) is 9.84. The lowest BCUT2D eigenvalue weighted by Crippen LogP contribution is -2.44. The van der Waals surface area contributed by atoms with Crippen molar-refractivity contribution >= 4 is 0 Å². The molecule has 3 fully saturated rings. The fourth-order valence-electron chi connectivity index (χ4n) is 6.88. The molecule has 25 heavy (non-hydrogen) atoms. The van der Waals surface area contributed by atoms with Gasteiger partial charge in [0, 0.05) is 0 Å². The molecule has 0 spiro atoms. The van der Waals surface area contributed by atoms with Gasteiger partial charge in [0.2, 0.25) is 0 Å². The van der Waals surface area contributed by atoms with Crippen LogP contribution in [0.1, 0.15) is 110 Å². The number of fused-ring (bicyclic) bond motifs is 3. The predicted molar refractivity (Wildman–Crippen MR) is 106 cm³/mol. The van der Waals surface area contributed by atoms with Crippen LogP contribution in [0.2, 0.25) is 0 Å². The third-order valence-corrected chi connectivity index (χ3v) is 8.28. The molecule has 6 atom stereocenters. The van der Waals surface area contributed by atoms with E-state index < -0.39 is 0 Å². The maximum Gasteiger partial charge on any atom is 0.0689 e. The number of rotatable bonds is 7. The second-order valence-corrected chi connectivity index (χ2v) is 9.84. The van der Waals surface area contributed by atoms with E-state index in [0.29, 0.717) is 0 Å². The zero-order valence-corrected chi connectivity index (χ0v) is 16.9. The van der Waals surface area contributed by atoms with Crippen molar-refractivity contribution in [2.75, 3.05) is 0 Å². The molecular formula is C24H41N. The van der Waals surface area contributed by atoms with Crippen molar-refractivity contribution in [2.24, 2.45) is 35.0 Å². The Labute approximate surface area is 157 Å². The molecule has 0 heterocycles. The Hall–Kier alpha value is -0.510. The van der Waals surface area contributed by atoms with Crippen LogP contribution >= 0.6 is 0 Å². The van der Waals surface area contributed by atoms with Gasteiger partial charge in [-0.05, 0) is 81.0 Å². The third-order valence-electron chi connectivity index (χ3n) is 8.28. The van der Waals surface area contributed by atoms with E-state index in [1.807, 2.05) is 0 Å². The number of unbranched alkanes of at least 4 members (excludes halogenated alkanes) is 3. The maximum atomic E-state index is 9.93. The fraction of sp³-hybridized carbons (Fsp3) is 0.958. The molecule has 0 aromatic carbocycles. The molecule has 0 radical (unpaired) electrons. The van der Waals surface area contributed by atoms with Gasteiger partial charge in [-0.25, -0.2) is 0 Å². The van der Waals surface area contributed by atoms with E-state index in [2.05, 4.69) is 19.9 Å². The second kappa shape index (κ2) is 8.92. The molecule has 142 valence electrons. The summed E-state index contributed by atoms with van der Waals surface area (Å²) in [7, 11) is 0. The highest BCUT2D eigenvalue weighted by molar-refractivity contribution is 5.06. The van der Waals surface area contributed by atoms with Crippen molar-refractivity contribution in [3.05, 3.63) is 0 Å². The highest BCUT2D eigenvalue weighted by Gasteiger charge is 2.48. The van der Waals surface area contributed by atoms with Crippen molar-refractivity contribution in [3.8, 4) is 6.07 Å². The Kier molecular flexibility index (Phi) is 6.87. The molecule has 6 unspecified atom stereocenters. The van der Waals surface area contributed by atoms with Crippen LogP contribution in [0, 0.1) is 46.3 Å². The zero-order valence-electron chi connectivity index (χ0n) is 16.9. The third kappa shape index (κ3) is 4.43. The lowest BCUT2D eigenvalue weighted by molar-refractivity contribution is -0.0181. The lowest BCUT2D eigenvalue weighted by Gasteiger charge is -2.52. The average molecular weight is 344 g/mol. The van der Waals surface area contributed by atoms with Crippen LogP contribution < -0.4 is 0 Å². The molecule has 3 aliphatic carbocycles. The van der Waals surface area contributed by atoms with Crippen LogP contribution in [0.15, 0.2) is 0 Å². The first-order valence-corrected chi connectivity index (χ1v) is 11.6. The van der Waals surface area contributed by atoms with E-state index in [4.69, 9.17) is 0 Å². The van der Waals surface area contributed by atoms with E-state index >= 15 is 0 Å². The Bertz CT molecular complexity index is 450. The number of hydrogen-bond donors (Lipinski definition) is 0. The summed E-state index contributed by atoms with van der Waals surface area (Å²) in [6.07, 6.45) is 20.6. The van der Waals surface area contributed by atoms with Crippen molar-refractivity contribution in [1.29, 1.82) is 5.26 Å². The summed E-state index contributed by atoms with van der Waals surface area (Å²) in [5.74, 6) is 4.94. The minimum absolute atomic E-state index is 0.0432. The van der Waals surface area contributed by atoms with E-state index in [0.717, 1.165) is 29.6 Å². The van der Waals surface area contributed by atoms with Gasteiger partial charge >= 0.3 is 0 Å². The standard InChI is InChI=1S/C24H41N/c1-3-5-7-14-24(18-25)15-13-23-21(17-24)11-10-20-16-19(8-6-4-2)9-12-22(20)23/h19-23H,3-17H2,1-2H3. The van der Waals surface area contributed by atoms with Crippen LogP contribution in [0.5, 0.6) is 0 Å². The minimum Gasteiger partial charge on any atom is -0.198 e. The smallest absolute Gasteiger partial charge is 0.0689 e. The van der Waals surface area contributed by atoms with E-state index in [1.54, 1.807) is 0 Å². The summed E-state index contributed by atoms with van der Waals surface area (Å²) in [6, 6.07) is 2.81. The van der Waals surface area contributed by atoms with E-state index in [9.17, 15) is 5.26 Å². The maximum absolute atomic E-state index is 9.93. The first kappa shape index (κ1) is 19.3. The molecule has 0 aliphatic heterocycles. The molecule has 0 saturated heterocycles. The molecule has 1 heteroatoms. The summed E-state index contributed by atoms with van der Waals surface area (Å²) < 4.78 is 0. The Morgan fingerprint density at radius 3 is 2.40 bits per heavy atom. The van der Waals surface area contributed by atoms with Gasteiger partial charge in [0.1, 0.15) is 0 Å². The van der Waals surface area contributed by atoms with Gasteiger partial charge in [-0.1, -0.05) is 58.8 Å². The molecule has 3 aliphatic rings. The Morgan fingerprint density at radius 1 is 0.880 bits per heavy atom. The molecule has 1 nitrogen and oxygen atoms in total. The van der Waals surface area contributed by atoms with Crippen LogP contribution in [-0.2, 0) is 0 Å². The van der Waals surface area contributed by atoms with Gasteiger partial charge in [0.05, 0.1) is 11.5 Å². The molecule has 0 aromatic rings. The van der Waals surface area contributed by atoms with Crippen LogP contribution in [0.4, 0.5) is 0 Å². The molecule has 3 rings (SSSR count). The Morgan fingerprint density at radius 2 is 1.64 bits per heavy atom. The molecule has 0 bridgehead atoms. The normalized spacial score (nSPS) is 40.8. The molecular weight excluding hydrogens is 302 g/mol. The summed E-state index contributed by atoms with van der Waals surface area (Å²) >= 11 is 0. The van der Waals surface area contributed by atoms with Crippen molar-refractivity contribution in [1.82, 2.24) is 0 Å². The lowest BCUT2D eigenvalue weighted by atomic mass is 9.52. The minimum atomic E-state index is 0.0432. The van der Waals surface area contributed by atoms with E-state index in [1.165, 1.54) is 96.3 Å². The van der Waals surface area contributed by atoms with Gasteiger partial charge in [0.25, 0.3) is 0 Å². The quantitative estimate of drug-likeness (QED) is 0.439. The summed E-state index contributed by atoms with van der Waals surface area (Å²) in [6.45, 7) is 4.61. The zero-order chi connectivity index (χ0) is 17.7. The molecule has 0 N–H and O–H groups in total. The molecule has 3 saturated carbocycles. The predicted octanol–water partition coefficient (Wildman–Crippen LogP) is 7.51. The number of nitriles is 1. The van der Waals surface area contributed by atoms with Gasteiger partial charge < -0.3 is 0 Å². The highest BCUT2D eigenvalue weighted by Crippen LogP contribution is 2.57. The van der Waals surface area contributed by atoms with Crippen molar-refractivity contribution < 1.29 is 0 Å². The van der Waals surface area contributed by atoms with Gasteiger partial charge in [0.15, 0.2) is 0 Å². The van der Waals surface area contributed by atoms with Gasteiger partial charge in [-0.2, -0.15) is 5.26 Å². The monoisotopic (exact) mass is 343 g/mol. The number of hydrogen-bond acceptors (Lipinski definition) is 1. The summed E-state index contributed by atoms with van der Waals surface area (Å²) in [5, 5.41) is 9.93. The van der Waals surface area contributed by atoms with Crippen LogP contribution in [0.25, 0.3) is 0 Å². The Balaban J connectivity index is 1.57. The first-order valence-electron chi connectivity index (χ1n) is 11.6. The largest absolute Gasteiger partial charge is 0.198 e. The fourth-order valence-corrected chi connectivity index (χ4v) is 6.88. The highest BCUT2D eigenvalue weighted by atomic mass is 14.5. The van der Waals surface area contributed by atoms with Crippen molar-refractivity contribution in [2.45, 2.75) is 110 Å². The molecule has 0 amide bonds. The topological polar surface area (TPSA) is 23.8 Å². The van der Waals surface area contributed by atoms with Crippen LogP contribution in [-0.4, -0.2) is 0 Å². The van der Waals surface area contributed by atoms with Crippen LogP contribution in [0.3, 0.4) is 0 Å². The van der Waals surface area contributed by atoms with E-state index in [-0.39, 0.29) is 5.41 Å². The average Bonchev–Trinajstić information content (AvgIpc) is 2.66. The summed E-state index contributed by atoms with van der Waals surface area (Å²) in [4.78, 5) is 0. The SMILES string of the molecule is CCCCCC1(C#N)CCC2C(CCC3CC(CCCC)CCC32)C1. The van der Waals surface area contributed by atoms with Gasteiger partial charge in [-0.3, -0.25) is 0 Å². The number of nitrogens with zero attached hydrogens (tertiary/aromatic N) is 1. The van der Waals surface area contributed by atoms with Gasteiger partial charge in [-0.15, -0.1) is 0 Å².